The number of hydrogen-bond acceptors (Lipinski definition) is 3. The topological polar surface area (TPSA) is 71.1 Å². The molecule has 0 aliphatic carbocycles. The van der Waals surface area contributed by atoms with Gasteiger partial charge in [0.05, 0.1) is 12.2 Å². The van der Waals surface area contributed by atoms with Crippen LogP contribution in [0, 0.1) is 6.92 Å². The van der Waals surface area contributed by atoms with Crippen LogP contribution in [0.4, 0.5) is 0 Å². The fourth-order valence-electron chi connectivity index (χ4n) is 1.96. The van der Waals surface area contributed by atoms with Crippen LogP contribution in [0.2, 0.25) is 0 Å². The molecule has 0 unspecified atom stereocenters. The van der Waals surface area contributed by atoms with Crippen molar-refractivity contribution in [3.8, 4) is 0 Å². The lowest BCUT2D eigenvalue weighted by molar-refractivity contribution is -0.121. The Balaban J connectivity index is 1.69. The highest BCUT2D eigenvalue weighted by molar-refractivity contribution is 5.94. The van der Waals surface area contributed by atoms with Gasteiger partial charge in [-0.1, -0.05) is 23.8 Å². The van der Waals surface area contributed by atoms with E-state index in [1.807, 2.05) is 43.3 Å². The molecule has 5 heteroatoms. The maximum Gasteiger partial charge on any atom is 0.251 e. The smallest absolute Gasteiger partial charge is 0.251 e. The fourth-order valence-corrected chi connectivity index (χ4v) is 1.96. The quantitative estimate of drug-likeness (QED) is 0.854. The molecule has 1 aromatic carbocycles. The van der Waals surface area contributed by atoms with Crippen molar-refractivity contribution in [3.05, 3.63) is 65.5 Å². The number of aryl methyl sites for hydroxylation is 1. The predicted molar refractivity (Wildman–Crippen MR) is 84.2 cm³/mol. The Bertz CT molecular complexity index is 641. The maximum atomic E-state index is 11.9. The molecule has 114 valence electrons. The first-order valence-corrected chi connectivity index (χ1v) is 7.16. The molecule has 2 N–H and O–H groups in total. The number of amides is 2. The zero-order chi connectivity index (χ0) is 15.8. The van der Waals surface area contributed by atoms with E-state index in [0.717, 1.165) is 11.3 Å². The van der Waals surface area contributed by atoms with E-state index in [2.05, 4.69) is 15.6 Å². The van der Waals surface area contributed by atoms with Gasteiger partial charge in [-0.15, -0.1) is 0 Å². The number of pyridine rings is 1. The average Bonchev–Trinajstić information content (AvgIpc) is 2.54. The van der Waals surface area contributed by atoms with Crippen LogP contribution in [0.25, 0.3) is 0 Å². The van der Waals surface area contributed by atoms with E-state index in [4.69, 9.17) is 0 Å². The second-order valence-electron chi connectivity index (χ2n) is 4.97. The normalized spacial score (nSPS) is 10.0. The van der Waals surface area contributed by atoms with Crippen LogP contribution in [0.1, 0.15) is 28.0 Å². The lowest BCUT2D eigenvalue weighted by Gasteiger charge is -2.07. The van der Waals surface area contributed by atoms with Crippen LogP contribution in [-0.4, -0.2) is 23.3 Å². The van der Waals surface area contributed by atoms with E-state index in [9.17, 15) is 9.59 Å². The summed E-state index contributed by atoms with van der Waals surface area (Å²) in [6.45, 7) is 2.63. The number of benzene rings is 1. The Morgan fingerprint density at radius 1 is 1.09 bits per heavy atom. The molecule has 0 aliphatic rings. The summed E-state index contributed by atoms with van der Waals surface area (Å²) in [6, 6.07) is 12.9. The summed E-state index contributed by atoms with van der Waals surface area (Å²) in [7, 11) is 0. The molecule has 2 aromatic rings. The minimum Gasteiger partial charge on any atom is -0.352 e. The zero-order valence-corrected chi connectivity index (χ0v) is 12.5. The van der Waals surface area contributed by atoms with Crippen LogP contribution < -0.4 is 10.6 Å². The predicted octanol–water partition coefficient (Wildman–Crippen LogP) is 1.83. The minimum atomic E-state index is -0.166. The summed E-state index contributed by atoms with van der Waals surface area (Å²) in [6.07, 6.45) is 1.92. The van der Waals surface area contributed by atoms with Gasteiger partial charge in [0, 0.05) is 24.7 Å². The Kier molecular flexibility index (Phi) is 5.65. The van der Waals surface area contributed by atoms with E-state index in [1.165, 1.54) is 0 Å². The largest absolute Gasteiger partial charge is 0.352 e. The van der Waals surface area contributed by atoms with Crippen molar-refractivity contribution >= 4 is 11.8 Å². The third kappa shape index (κ3) is 5.01. The van der Waals surface area contributed by atoms with Crippen LogP contribution in [-0.2, 0) is 11.3 Å². The number of carbonyl (C=O) groups excluding carboxylic acids is 2. The zero-order valence-electron chi connectivity index (χ0n) is 12.5. The van der Waals surface area contributed by atoms with E-state index < -0.39 is 0 Å². The summed E-state index contributed by atoms with van der Waals surface area (Å²) < 4.78 is 0. The lowest BCUT2D eigenvalue weighted by atomic mass is 10.1. The number of hydrogen-bond donors (Lipinski definition) is 2. The first-order chi connectivity index (χ1) is 10.6. The minimum absolute atomic E-state index is 0.116. The molecule has 0 saturated carbocycles. The number of nitrogens with one attached hydrogen (secondary N) is 2. The van der Waals surface area contributed by atoms with Crippen LogP contribution >= 0.6 is 0 Å². The van der Waals surface area contributed by atoms with Gasteiger partial charge in [0.2, 0.25) is 5.91 Å². The molecule has 1 aromatic heterocycles. The van der Waals surface area contributed by atoms with Crippen molar-refractivity contribution in [1.82, 2.24) is 15.6 Å². The summed E-state index contributed by atoms with van der Waals surface area (Å²) >= 11 is 0. The number of aromatic nitrogens is 1. The first kappa shape index (κ1) is 15.7. The van der Waals surface area contributed by atoms with Gasteiger partial charge in [-0.3, -0.25) is 14.6 Å². The van der Waals surface area contributed by atoms with Crippen molar-refractivity contribution in [2.75, 3.05) is 6.54 Å². The third-order valence-electron chi connectivity index (χ3n) is 3.11. The van der Waals surface area contributed by atoms with Gasteiger partial charge in [0.25, 0.3) is 5.91 Å². The van der Waals surface area contributed by atoms with E-state index in [0.29, 0.717) is 18.7 Å². The Morgan fingerprint density at radius 2 is 1.95 bits per heavy atom. The van der Waals surface area contributed by atoms with Gasteiger partial charge in [-0.25, -0.2) is 0 Å². The van der Waals surface area contributed by atoms with E-state index >= 15 is 0 Å². The summed E-state index contributed by atoms with van der Waals surface area (Å²) in [4.78, 5) is 27.7. The van der Waals surface area contributed by atoms with Crippen LogP contribution in [0.15, 0.2) is 48.7 Å². The Morgan fingerprint density at radius 3 is 2.68 bits per heavy atom. The lowest BCUT2D eigenvalue weighted by Crippen LogP contribution is -2.30. The standard InChI is InChI=1S/C17H19N3O2/c1-13-5-4-6-14(11-13)17(22)19-10-8-16(21)20-12-15-7-2-3-9-18-15/h2-7,9,11H,8,10,12H2,1H3,(H,19,22)(H,20,21). The van der Waals surface area contributed by atoms with Gasteiger partial charge in [0.1, 0.15) is 0 Å². The Hall–Kier alpha value is -2.69. The number of rotatable bonds is 6. The molecule has 2 amide bonds. The molecular formula is C17H19N3O2. The first-order valence-electron chi connectivity index (χ1n) is 7.16. The van der Waals surface area contributed by atoms with Crippen LogP contribution in [0.3, 0.4) is 0 Å². The van der Waals surface area contributed by atoms with Gasteiger partial charge in [0.15, 0.2) is 0 Å². The third-order valence-corrected chi connectivity index (χ3v) is 3.11. The number of nitrogens with zero attached hydrogens (tertiary/aromatic N) is 1. The highest BCUT2D eigenvalue weighted by Crippen LogP contribution is 2.03. The molecule has 2 rings (SSSR count). The molecular weight excluding hydrogens is 278 g/mol. The van der Waals surface area contributed by atoms with Crippen molar-refractivity contribution in [1.29, 1.82) is 0 Å². The average molecular weight is 297 g/mol. The van der Waals surface area contributed by atoms with Gasteiger partial charge in [-0.2, -0.15) is 0 Å². The second-order valence-corrected chi connectivity index (χ2v) is 4.97. The van der Waals surface area contributed by atoms with Crippen molar-refractivity contribution in [2.24, 2.45) is 0 Å². The molecule has 5 nitrogen and oxygen atoms in total. The Labute approximate surface area is 129 Å². The molecule has 0 fully saturated rings. The van der Waals surface area contributed by atoms with Crippen LogP contribution in [0.5, 0.6) is 0 Å². The monoisotopic (exact) mass is 297 g/mol. The molecule has 0 bridgehead atoms. The highest BCUT2D eigenvalue weighted by atomic mass is 16.2. The maximum absolute atomic E-state index is 11.9. The van der Waals surface area contributed by atoms with Gasteiger partial charge >= 0.3 is 0 Å². The summed E-state index contributed by atoms with van der Waals surface area (Å²) in [5.41, 5.74) is 2.44. The van der Waals surface area contributed by atoms with Crippen molar-refractivity contribution in [2.45, 2.75) is 19.9 Å². The van der Waals surface area contributed by atoms with Gasteiger partial charge < -0.3 is 10.6 Å². The SMILES string of the molecule is Cc1cccc(C(=O)NCCC(=O)NCc2ccccn2)c1. The molecule has 22 heavy (non-hydrogen) atoms. The highest BCUT2D eigenvalue weighted by Gasteiger charge is 2.06. The molecule has 1 heterocycles. The van der Waals surface area contributed by atoms with Gasteiger partial charge in [-0.05, 0) is 31.2 Å². The fraction of sp³-hybridized carbons (Fsp3) is 0.235. The number of carbonyl (C=O) groups is 2. The second kappa shape index (κ2) is 7.93. The van der Waals surface area contributed by atoms with E-state index in [1.54, 1.807) is 12.3 Å². The van der Waals surface area contributed by atoms with E-state index in [-0.39, 0.29) is 18.2 Å². The molecule has 0 spiro atoms. The molecule has 0 atom stereocenters. The summed E-state index contributed by atoms with van der Waals surface area (Å²) in [5.74, 6) is -0.281. The molecule has 0 saturated heterocycles. The van der Waals surface area contributed by atoms with Crippen molar-refractivity contribution < 1.29 is 9.59 Å². The van der Waals surface area contributed by atoms with Crippen molar-refractivity contribution in [3.63, 3.8) is 0 Å². The molecule has 0 aliphatic heterocycles. The molecule has 0 radical (unpaired) electrons. The summed E-state index contributed by atoms with van der Waals surface area (Å²) in [5, 5.41) is 5.51.